The summed E-state index contributed by atoms with van der Waals surface area (Å²) < 4.78 is 0. The van der Waals surface area contributed by atoms with Gasteiger partial charge in [0.2, 0.25) is 0 Å². The molecule has 0 N–H and O–H groups in total. The second-order valence-corrected chi connectivity index (χ2v) is 6.78. The predicted octanol–water partition coefficient (Wildman–Crippen LogP) is 6.94. The Labute approximate surface area is 142 Å². The van der Waals surface area contributed by atoms with Gasteiger partial charge in [0.25, 0.3) is 0 Å². The third-order valence-corrected chi connectivity index (χ3v) is 5.43. The van der Waals surface area contributed by atoms with Gasteiger partial charge in [-0.25, -0.2) is 0 Å². The minimum absolute atomic E-state index is 0.107. The number of alkyl halides is 1. The highest BCUT2D eigenvalue weighted by Gasteiger charge is 2.15. The maximum absolute atomic E-state index is 6.29. The molecule has 0 spiro atoms. The molecule has 3 aromatic carbocycles. The second-order valence-electron chi connectivity index (χ2n) is 5.05. The summed E-state index contributed by atoms with van der Waals surface area (Å²) in [6.45, 7) is 2.02. The van der Waals surface area contributed by atoms with Gasteiger partial charge >= 0.3 is 0 Å². The number of fused-ring (bicyclic) bond motifs is 1. The van der Waals surface area contributed by atoms with E-state index in [9.17, 15) is 0 Å². The molecule has 0 aliphatic carbocycles. The van der Waals surface area contributed by atoms with E-state index in [2.05, 4.69) is 40.2 Å². The van der Waals surface area contributed by atoms with E-state index in [1.807, 2.05) is 37.3 Å². The third kappa shape index (κ3) is 2.83. The van der Waals surface area contributed by atoms with E-state index < -0.39 is 0 Å². The predicted molar refractivity (Wildman–Crippen MR) is 95.9 cm³/mol. The van der Waals surface area contributed by atoms with Crippen LogP contribution in [0.3, 0.4) is 0 Å². The van der Waals surface area contributed by atoms with E-state index in [1.54, 1.807) is 0 Å². The van der Waals surface area contributed by atoms with Crippen LogP contribution in [0, 0.1) is 6.92 Å². The Morgan fingerprint density at radius 1 is 0.857 bits per heavy atom. The van der Waals surface area contributed by atoms with Gasteiger partial charge in [0.05, 0.1) is 4.83 Å². The summed E-state index contributed by atoms with van der Waals surface area (Å²) in [5.41, 5.74) is 3.47. The molecule has 0 fully saturated rings. The summed E-state index contributed by atoms with van der Waals surface area (Å²) in [5.74, 6) is 0. The van der Waals surface area contributed by atoms with Crippen LogP contribution in [0.4, 0.5) is 0 Å². The van der Waals surface area contributed by atoms with Crippen LogP contribution in [-0.4, -0.2) is 0 Å². The molecule has 0 aliphatic rings. The van der Waals surface area contributed by atoms with Gasteiger partial charge in [0.15, 0.2) is 0 Å². The summed E-state index contributed by atoms with van der Waals surface area (Å²) in [7, 11) is 0. The van der Waals surface area contributed by atoms with E-state index >= 15 is 0 Å². The molecule has 0 saturated carbocycles. The zero-order valence-corrected chi connectivity index (χ0v) is 14.5. The van der Waals surface area contributed by atoms with Crippen molar-refractivity contribution in [2.75, 3.05) is 0 Å². The number of hydrogen-bond donors (Lipinski definition) is 0. The Hall–Kier alpha value is -1.02. The second kappa shape index (κ2) is 6.00. The van der Waals surface area contributed by atoms with Crippen molar-refractivity contribution in [2.45, 2.75) is 11.8 Å². The molecule has 0 heterocycles. The zero-order chi connectivity index (χ0) is 15.0. The minimum Gasteiger partial charge on any atom is -0.0841 e. The third-order valence-electron chi connectivity index (χ3n) is 3.65. The van der Waals surface area contributed by atoms with Crippen molar-refractivity contribution in [3.05, 3.63) is 81.3 Å². The Morgan fingerprint density at radius 3 is 2.24 bits per heavy atom. The van der Waals surface area contributed by atoms with Gasteiger partial charge in [0.1, 0.15) is 0 Å². The summed E-state index contributed by atoms with van der Waals surface area (Å²) in [4.78, 5) is 0.107. The monoisotopic (exact) mass is 378 g/mol. The van der Waals surface area contributed by atoms with Gasteiger partial charge in [-0.3, -0.25) is 0 Å². The van der Waals surface area contributed by atoms with Crippen molar-refractivity contribution < 1.29 is 0 Å². The lowest BCUT2D eigenvalue weighted by Crippen LogP contribution is -1.95. The van der Waals surface area contributed by atoms with E-state index in [1.165, 1.54) is 16.5 Å². The van der Waals surface area contributed by atoms with Gasteiger partial charge in [-0.05, 0) is 41.1 Å². The van der Waals surface area contributed by atoms with Crippen LogP contribution in [0.1, 0.15) is 21.5 Å². The first-order valence-electron chi connectivity index (χ1n) is 6.65. The zero-order valence-electron chi connectivity index (χ0n) is 11.4. The first-order chi connectivity index (χ1) is 10.1. The molecule has 1 unspecified atom stereocenters. The summed E-state index contributed by atoms with van der Waals surface area (Å²) in [6, 6.07) is 18.3. The Kier molecular flexibility index (Phi) is 4.26. The van der Waals surface area contributed by atoms with Crippen LogP contribution in [0.2, 0.25) is 10.0 Å². The van der Waals surface area contributed by atoms with Crippen LogP contribution in [-0.2, 0) is 0 Å². The van der Waals surface area contributed by atoms with Crippen molar-refractivity contribution in [3.8, 4) is 0 Å². The molecule has 0 aliphatic heterocycles. The first kappa shape index (κ1) is 14.9. The average molecular weight is 380 g/mol. The first-order valence-corrected chi connectivity index (χ1v) is 8.32. The normalized spacial score (nSPS) is 12.6. The molecule has 21 heavy (non-hydrogen) atoms. The molecule has 3 heteroatoms. The quantitative estimate of drug-likeness (QED) is 0.423. The number of aryl methyl sites for hydroxylation is 1. The molecule has 106 valence electrons. The van der Waals surface area contributed by atoms with Gasteiger partial charge in [-0.15, -0.1) is 0 Å². The molecule has 3 aromatic rings. The Balaban J connectivity index is 2.15. The number of hydrogen-bond acceptors (Lipinski definition) is 0. The fourth-order valence-electron chi connectivity index (χ4n) is 2.51. The van der Waals surface area contributed by atoms with Crippen molar-refractivity contribution in [2.24, 2.45) is 0 Å². The Bertz CT molecular complexity index is 811. The number of benzene rings is 3. The lowest BCUT2D eigenvalue weighted by molar-refractivity contribution is 1.19. The largest absolute Gasteiger partial charge is 0.0841 e. The van der Waals surface area contributed by atoms with E-state index in [0.717, 1.165) is 21.0 Å². The van der Waals surface area contributed by atoms with E-state index in [-0.39, 0.29) is 4.83 Å². The topological polar surface area (TPSA) is 0 Å². The highest BCUT2D eigenvalue weighted by molar-refractivity contribution is 9.09. The van der Waals surface area contributed by atoms with Crippen LogP contribution in [0.25, 0.3) is 10.8 Å². The van der Waals surface area contributed by atoms with Crippen LogP contribution in [0.5, 0.6) is 0 Å². The maximum Gasteiger partial charge on any atom is 0.0650 e. The average Bonchev–Trinajstić information content (AvgIpc) is 2.50. The van der Waals surface area contributed by atoms with Crippen LogP contribution >= 0.6 is 39.1 Å². The molecular weight excluding hydrogens is 367 g/mol. The summed E-state index contributed by atoms with van der Waals surface area (Å²) in [6.07, 6.45) is 0. The molecule has 3 rings (SSSR count). The van der Waals surface area contributed by atoms with Crippen molar-refractivity contribution in [3.63, 3.8) is 0 Å². The smallest absolute Gasteiger partial charge is 0.0650 e. The molecule has 0 aromatic heterocycles. The van der Waals surface area contributed by atoms with Crippen molar-refractivity contribution in [1.29, 1.82) is 0 Å². The summed E-state index contributed by atoms with van der Waals surface area (Å²) >= 11 is 16.2. The Morgan fingerprint density at radius 2 is 1.52 bits per heavy atom. The molecular formula is C18H13BrCl2. The summed E-state index contributed by atoms with van der Waals surface area (Å²) in [5, 5.41) is 3.81. The molecule has 0 bridgehead atoms. The molecule has 0 amide bonds. The van der Waals surface area contributed by atoms with Crippen molar-refractivity contribution in [1.82, 2.24) is 0 Å². The standard InChI is InChI=1S/C18H13BrCl2/c1-11-10-12(6-8-16(11)20)18(19)15-7-9-17(21)14-5-3-2-4-13(14)15/h2-10,18H,1H3. The molecule has 0 nitrogen and oxygen atoms in total. The van der Waals surface area contributed by atoms with Gasteiger partial charge in [-0.2, -0.15) is 0 Å². The lowest BCUT2D eigenvalue weighted by atomic mass is 9.97. The SMILES string of the molecule is Cc1cc(C(Br)c2ccc(Cl)c3ccccc23)ccc1Cl. The number of halogens is 3. The highest BCUT2D eigenvalue weighted by atomic mass is 79.9. The van der Waals surface area contributed by atoms with Gasteiger partial charge in [0, 0.05) is 15.4 Å². The van der Waals surface area contributed by atoms with E-state index in [4.69, 9.17) is 23.2 Å². The van der Waals surface area contributed by atoms with Crippen LogP contribution < -0.4 is 0 Å². The van der Waals surface area contributed by atoms with Crippen LogP contribution in [0.15, 0.2) is 54.6 Å². The fraction of sp³-hybridized carbons (Fsp3) is 0.111. The van der Waals surface area contributed by atoms with Gasteiger partial charge in [-0.1, -0.05) is 81.6 Å². The van der Waals surface area contributed by atoms with Crippen molar-refractivity contribution >= 4 is 49.9 Å². The lowest BCUT2D eigenvalue weighted by Gasteiger charge is -2.15. The molecule has 0 radical (unpaired) electrons. The fourth-order valence-corrected chi connectivity index (χ4v) is 3.54. The van der Waals surface area contributed by atoms with E-state index in [0.29, 0.717) is 0 Å². The molecule has 0 saturated heterocycles. The highest BCUT2D eigenvalue weighted by Crippen LogP contribution is 2.38. The molecule has 1 atom stereocenters. The minimum atomic E-state index is 0.107. The maximum atomic E-state index is 6.29. The number of rotatable bonds is 2. The van der Waals surface area contributed by atoms with Gasteiger partial charge < -0.3 is 0 Å².